The molecule has 4 rings (SSSR count). The lowest BCUT2D eigenvalue weighted by Crippen LogP contribution is -2.19. The number of anilines is 2. The summed E-state index contributed by atoms with van der Waals surface area (Å²) < 4.78 is 5.71. The monoisotopic (exact) mass is 427 g/mol. The Kier molecular flexibility index (Phi) is 6.02. The zero-order chi connectivity index (χ0) is 20.2. The number of hydrogen-bond acceptors (Lipinski definition) is 5. The van der Waals surface area contributed by atoms with E-state index in [1.165, 1.54) is 22.6 Å². The summed E-state index contributed by atoms with van der Waals surface area (Å²) in [6, 6.07) is 13.4. The van der Waals surface area contributed by atoms with E-state index in [1.807, 2.05) is 23.6 Å². The normalized spacial score (nSPS) is 12.7. The van der Waals surface area contributed by atoms with E-state index < -0.39 is 0 Å². The molecule has 0 fully saturated rings. The quantitative estimate of drug-likeness (QED) is 0.580. The first-order valence-corrected chi connectivity index (χ1v) is 10.9. The average Bonchev–Trinajstić information content (AvgIpc) is 3.33. The standard InChI is InChI=1S/C22H22ClN3O2S/c1-2-26-10-9-15-3-6-17(11-20(15)26)24-21(27)12-18-14-29-22(25-18)13-28-19-7-4-16(23)5-8-19/h3-8,11,14H,2,9-10,12-13H2,1H3,(H,24,27). The van der Waals surface area contributed by atoms with Crippen molar-refractivity contribution in [1.82, 2.24) is 4.98 Å². The number of benzene rings is 2. The van der Waals surface area contributed by atoms with Gasteiger partial charge in [0, 0.05) is 34.9 Å². The maximum Gasteiger partial charge on any atom is 0.230 e. The van der Waals surface area contributed by atoms with Gasteiger partial charge in [-0.2, -0.15) is 0 Å². The molecule has 0 saturated carbocycles. The van der Waals surface area contributed by atoms with Gasteiger partial charge in [-0.25, -0.2) is 4.98 Å². The van der Waals surface area contributed by atoms with Crippen LogP contribution in [0.15, 0.2) is 47.8 Å². The van der Waals surface area contributed by atoms with E-state index >= 15 is 0 Å². The predicted octanol–water partition coefficient (Wildman–Crippen LogP) is 4.94. The number of thiazole rings is 1. The molecule has 150 valence electrons. The van der Waals surface area contributed by atoms with Crippen molar-refractivity contribution in [3.63, 3.8) is 0 Å². The molecule has 0 unspecified atom stereocenters. The van der Waals surface area contributed by atoms with Crippen molar-refractivity contribution in [3.05, 3.63) is 69.1 Å². The highest BCUT2D eigenvalue weighted by molar-refractivity contribution is 7.09. The maximum atomic E-state index is 12.4. The van der Waals surface area contributed by atoms with E-state index in [1.54, 1.807) is 12.1 Å². The third-order valence-corrected chi connectivity index (χ3v) is 5.98. The number of aromatic nitrogens is 1. The van der Waals surface area contributed by atoms with Crippen LogP contribution in [0.2, 0.25) is 5.02 Å². The Morgan fingerprint density at radius 3 is 2.90 bits per heavy atom. The molecule has 29 heavy (non-hydrogen) atoms. The third-order valence-electron chi connectivity index (χ3n) is 4.86. The second-order valence-electron chi connectivity index (χ2n) is 6.87. The molecule has 2 heterocycles. The zero-order valence-corrected chi connectivity index (χ0v) is 17.7. The van der Waals surface area contributed by atoms with E-state index in [0.717, 1.165) is 41.6 Å². The second kappa shape index (κ2) is 8.84. The molecule has 7 heteroatoms. The van der Waals surface area contributed by atoms with Crippen LogP contribution in [0.4, 0.5) is 11.4 Å². The SMILES string of the molecule is CCN1CCc2ccc(NC(=O)Cc3csc(COc4ccc(Cl)cc4)n3)cc21. The number of carbonyl (C=O) groups is 1. The van der Waals surface area contributed by atoms with E-state index in [0.29, 0.717) is 11.6 Å². The Hall–Kier alpha value is -2.57. The first-order valence-electron chi connectivity index (χ1n) is 9.60. The van der Waals surface area contributed by atoms with Gasteiger partial charge in [0.2, 0.25) is 5.91 Å². The summed E-state index contributed by atoms with van der Waals surface area (Å²) in [5.41, 5.74) is 4.14. The molecule has 0 atom stereocenters. The summed E-state index contributed by atoms with van der Waals surface area (Å²) in [5.74, 6) is 0.670. The average molecular weight is 428 g/mol. The lowest BCUT2D eigenvalue weighted by molar-refractivity contribution is -0.115. The minimum absolute atomic E-state index is 0.0681. The Balaban J connectivity index is 1.32. The van der Waals surface area contributed by atoms with Crippen LogP contribution < -0.4 is 15.0 Å². The smallest absolute Gasteiger partial charge is 0.230 e. The van der Waals surface area contributed by atoms with Crippen LogP contribution in [0.25, 0.3) is 0 Å². The van der Waals surface area contributed by atoms with Crippen molar-refractivity contribution >= 4 is 40.2 Å². The van der Waals surface area contributed by atoms with Gasteiger partial charge in [0.25, 0.3) is 0 Å². The number of nitrogens with zero attached hydrogens (tertiary/aromatic N) is 2. The Morgan fingerprint density at radius 1 is 1.28 bits per heavy atom. The van der Waals surface area contributed by atoms with Crippen molar-refractivity contribution in [3.8, 4) is 5.75 Å². The van der Waals surface area contributed by atoms with Crippen molar-refractivity contribution in [2.75, 3.05) is 23.3 Å². The second-order valence-corrected chi connectivity index (χ2v) is 8.25. The van der Waals surface area contributed by atoms with Crippen LogP contribution in [0.1, 0.15) is 23.2 Å². The molecule has 0 radical (unpaired) electrons. The van der Waals surface area contributed by atoms with E-state index in [-0.39, 0.29) is 12.3 Å². The Morgan fingerprint density at radius 2 is 2.10 bits per heavy atom. The zero-order valence-electron chi connectivity index (χ0n) is 16.2. The maximum absolute atomic E-state index is 12.4. The molecule has 5 nitrogen and oxygen atoms in total. The predicted molar refractivity (Wildman–Crippen MR) is 118 cm³/mol. The lowest BCUT2D eigenvalue weighted by atomic mass is 10.1. The van der Waals surface area contributed by atoms with Gasteiger partial charge in [-0.05, 0) is 55.3 Å². The molecule has 3 aromatic rings. The topological polar surface area (TPSA) is 54.5 Å². The molecule has 1 aromatic heterocycles. The molecule has 0 saturated heterocycles. The highest BCUT2D eigenvalue weighted by Crippen LogP contribution is 2.30. The van der Waals surface area contributed by atoms with Crippen LogP contribution in [0.5, 0.6) is 5.75 Å². The van der Waals surface area contributed by atoms with Crippen LogP contribution in [-0.2, 0) is 24.2 Å². The molecule has 0 spiro atoms. The van der Waals surface area contributed by atoms with E-state index in [9.17, 15) is 4.79 Å². The number of hydrogen-bond donors (Lipinski definition) is 1. The summed E-state index contributed by atoms with van der Waals surface area (Å²) >= 11 is 7.37. The highest BCUT2D eigenvalue weighted by Gasteiger charge is 2.18. The fraction of sp³-hybridized carbons (Fsp3) is 0.273. The van der Waals surface area contributed by atoms with Gasteiger partial charge in [-0.15, -0.1) is 11.3 Å². The van der Waals surface area contributed by atoms with E-state index in [4.69, 9.17) is 16.3 Å². The van der Waals surface area contributed by atoms with Gasteiger partial charge < -0.3 is 15.0 Å². The fourth-order valence-corrected chi connectivity index (χ4v) is 4.22. The number of amides is 1. The lowest BCUT2D eigenvalue weighted by Gasteiger charge is -2.17. The van der Waals surface area contributed by atoms with E-state index in [2.05, 4.69) is 34.3 Å². The summed E-state index contributed by atoms with van der Waals surface area (Å²) in [4.78, 5) is 19.3. The highest BCUT2D eigenvalue weighted by atomic mass is 35.5. The van der Waals surface area contributed by atoms with Crippen LogP contribution in [0, 0.1) is 0 Å². The summed E-state index contributed by atoms with van der Waals surface area (Å²) in [7, 11) is 0. The molecule has 0 bridgehead atoms. The van der Waals surface area contributed by atoms with Gasteiger partial charge >= 0.3 is 0 Å². The molecule has 0 aliphatic carbocycles. The van der Waals surface area contributed by atoms with Crippen LogP contribution in [-0.4, -0.2) is 24.0 Å². The van der Waals surface area contributed by atoms with Crippen molar-refractivity contribution in [2.24, 2.45) is 0 Å². The molecule has 1 aliphatic heterocycles. The molecule has 1 aliphatic rings. The molecule has 2 aromatic carbocycles. The summed E-state index contributed by atoms with van der Waals surface area (Å²) in [5, 5.41) is 6.40. The van der Waals surface area contributed by atoms with Gasteiger partial charge in [0.15, 0.2) is 0 Å². The van der Waals surface area contributed by atoms with Gasteiger partial charge in [0.1, 0.15) is 17.4 Å². The number of ether oxygens (including phenoxy) is 1. The first kappa shape index (κ1) is 19.7. The number of likely N-dealkylation sites (N-methyl/N-ethyl adjacent to an activating group) is 1. The summed E-state index contributed by atoms with van der Waals surface area (Å²) in [6.45, 7) is 4.54. The van der Waals surface area contributed by atoms with Gasteiger partial charge in [0.05, 0.1) is 12.1 Å². The molecule has 1 amide bonds. The molecular weight excluding hydrogens is 406 g/mol. The largest absolute Gasteiger partial charge is 0.486 e. The Bertz CT molecular complexity index is 1000. The van der Waals surface area contributed by atoms with Crippen molar-refractivity contribution in [1.29, 1.82) is 0 Å². The third kappa shape index (κ3) is 4.89. The molecular formula is C22H22ClN3O2S. The number of fused-ring (bicyclic) bond motifs is 1. The first-order chi connectivity index (χ1) is 14.1. The summed E-state index contributed by atoms with van der Waals surface area (Å²) in [6.07, 6.45) is 1.31. The number of halogens is 1. The van der Waals surface area contributed by atoms with Crippen molar-refractivity contribution in [2.45, 2.75) is 26.4 Å². The van der Waals surface area contributed by atoms with Gasteiger partial charge in [-0.1, -0.05) is 17.7 Å². The minimum atomic E-state index is -0.0681. The number of nitrogens with one attached hydrogen (secondary N) is 1. The molecule has 1 N–H and O–H groups in total. The fourth-order valence-electron chi connectivity index (χ4n) is 3.39. The van der Waals surface area contributed by atoms with Crippen LogP contribution >= 0.6 is 22.9 Å². The number of carbonyl (C=O) groups excluding carboxylic acids is 1. The van der Waals surface area contributed by atoms with Gasteiger partial charge in [-0.3, -0.25) is 4.79 Å². The van der Waals surface area contributed by atoms with Crippen molar-refractivity contribution < 1.29 is 9.53 Å². The van der Waals surface area contributed by atoms with Crippen LogP contribution in [0.3, 0.4) is 0 Å². The Labute approximate surface area is 179 Å². The minimum Gasteiger partial charge on any atom is -0.486 e. The number of rotatable bonds is 7.